The molecule has 23 heavy (non-hydrogen) atoms. The largest absolute Gasteiger partial charge is 0.345 e. The standard InChI is InChI=1S/C17H24N4O.ClH/c1-12(2)17(4,11-18)20-16(22)15-10-19-21(13(15)3)14-8-6-5-7-9-14;/h5-10,12H,11,18H2,1-4H3,(H,20,22);1H. The zero-order chi connectivity index (χ0) is 16.3. The molecule has 0 saturated heterocycles. The maximum Gasteiger partial charge on any atom is 0.255 e. The highest BCUT2D eigenvalue weighted by atomic mass is 35.5. The first-order valence-electron chi connectivity index (χ1n) is 7.51. The van der Waals surface area contributed by atoms with Gasteiger partial charge in [0.15, 0.2) is 0 Å². The third-order valence-electron chi connectivity index (χ3n) is 4.35. The molecule has 5 nitrogen and oxygen atoms in total. The van der Waals surface area contributed by atoms with E-state index in [1.165, 1.54) is 0 Å². The van der Waals surface area contributed by atoms with Crippen molar-refractivity contribution in [2.24, 2.45) is 11.7 Å². The number of benzene rings is 1. The summed E-state index contributed by atoms with van der Waals surface area (Å²) in [5.74, 6) is 0.104. The normalized spacial score (nSPS) is 13.3. The van der Waals surface area contributed by atoms with Gasteiger partial charge in [-0.2, -0.15) is 5.10 Å². The lowest BCUT2D eigenvalue weighted by Gasteiger charge is -2.33. The summed E-state index contributed by atoms with van der Waals surface area (Å²) < 4.78 is 1.77. The summed E-state index contributed by atoms with van der Waals surface area (Å²) in [5, 5.41) is 7.38. The summed E-state index contributed by atoms with van der Waals surface area (Å²) in [4.78, 5) is 12.6. The number of amides is 1. The number of nitrogens with one attached hydrogen (secondary N) is 1. The smallest absolute Gasteiger partial charge is 0.255 e. The van der Waals surface area contributed by atoms with Gasteiger partial charge in [-0.1, -0.05) is 32.0 Å². The minimum atomic E-state index is -0.432. The summed E-state index contributed by atoms with van der Waals surface area (Å²) in [7, 11) is 0. The van der Waals surface area contributed by atoms with Gasteiger partial charge in [0, 0.05) is 6.54 Å². The van der Waals surface area contributed by atoms with Gasteiger partial charge in [0.1, 0.15) is 0 Å². The van der Waals surface area contributed by atoms with Gasteiger partial charge >= 0.3 is 0 Å². The minimum absolute atomic E-state index is 0. The van der Waals surface area contributed by atoms with Gasteiger partial charge in [-0.3, -0.25) is 4.79 Å². The van der Waals surface area contributed by atoms with Gasteiger partial charge in [0.2, 0.25) is 0 Å². The quantitative estimate of drug-likeness (QED) is 0.881. The van der Waals surface area contributed by atoms with Gasteiger partial charge in [-0.05, 0) is 31.9 Å². The number of para-hydroxylation sites is 1. The Morgan fingerprint density at radius 1 is 1.35 bits per heavy atom. The lowest BCUT2D eigenvalue weighted by Crippen LogP contribution is -2.55. The van der Waals surface area contributed by atoms with E-state index in [9.17, 15) is 4.79 Å². The Balaban J connectivity index is 0.00000264. The Kier molecular flexibility index (Phi) is 6.36. The summed E-state index contributed by atoms with van der Waals surface area (Å²) in [5.41, 5.74) is 7.72. The van der Waals surface area contributed by atoms with Crippen LogP contribution >= 0.6 is 12.4 Å². The molecular formula is C17H25ClN4O. The highest BCUT2D eigenvalue weighted by Crippen LogP contribution is 2.18. The van der Waals surface area contributed by atoms with E-state index in [1.807, 2.05) is 58.0 Å². The molecule has 0 saturated carbocycles. The van der Waals surface area contributed by atoms with Crippen molar-refractivity contribution in [1.82, 2.24) is 15.1 Å². The number of hydrogen-bond acceptors (Lipinski definition) is 3. The molecule has 1 aromatic carbocycles. The third kappa shape index (κ3) is 3.92. The van der Waals surface area contributed by atoms with E-state index in [-0.39, 0.29) is 24.2 Å². The van der Waals surface area contributed by atoms with Crippen molar-refractivity contribution in [2.75, 3.05) is 6.54 Å². The van der Waals surface area contributed by atoms with Crippen molar-refractivity contribution in [3.8, 4) is 5.69 Å². The van der Waals surface area contributed by atoms with Crippen molar-refractivity contribution < 1.29 is 4.79 Å². The Hall–Kier alpha value is -1.85. The van der Waals surface area contributed by atoms with E-state index >= 15 is 0 Å². The number of rotatable bonds is 5. The SMILES string of the molecule is Cc1c(C(=O)NC(C)(CN)C(C)C)cnn1-c1ccccc1.Cl. The van der Waals surface area contributed by atoms with Crippen LogP contribution < -0.4 is 11.1 Å². The second kappa shape index (κ2) is 7.62. The lowest BCUT2D eigenvalue weighted by atomic mass is 9.88. The van der Waals surface area contributed by atoms with E-state index in [4.69, 9.17) is 5.73 Å². The molecule has 1 unspecified atom stereocenters. The van der Waals surface area contributed by atoms with Gasteiger partial charge in [-0.25, -0.2) is 4.68 Å². The molecule has 0 spiro atoms. The van der Waals surface area contributed by atoms with Crippen LogP contribution in [-0.2, 0) is 0 Å². The van der Waals surface area contributed by atoms with Crippen LogP contribution in [0.3, 0.4) is 0 Å². The molecule has 1 atom stereocenters. The average Bonchev–Trinajstić information content (AvgIpc) is 2.89. The highest BCUT2D eigenvalue weighted by molar-refractivity contribution is 5.95. The average molecular weight is 337 g/mol. The van der Waals surface area contributed by atoms with E-state index in [0.29, 0.717) is 12.1 Å². The van der Waals surface area contributed by atoms with Gasteiger partial charge < -0.3 is 11.1 Å². The first kappa shape index (κ1) is 19.2. The van der Waals surface area contributed by atoms with Gasteiger partial charge in [0.25, 0.3) is 5.91 Å². The summed E-state index contributed by atoms with van der Waals surface area (Å²) in [6.45, 7) is 8.35. The van der Waals surface area contributed by atoms with Crippen LogP contribution in [-0.4, -0.2) is 27.8 Å². The molecule has 2 rings (SSSR count). The van der Waals surface area contributed by atoms with Crippen LogP contribution in [0.4, 0.5) is 0 Å². The number of hydrogen-bond donors (Lipinski definition) is 2. The topological polar surface area (TPSA) is 72.9 Å². The number of carbonyl (C=O) groups is 1. The molecule has 0 bridgehead atoms. The van der Waals surface area contributed by atoms with Crippen LogP contribution in [0.15, 0.2) is 36.5 Å². The predicted octanol–water partition coefficient (Wildman–Crippen LogP) is 2.71. The molecule has 1 amide bonds. The summed E-state index contributed by atoms with van der Waals surface area (Å²) in [6.07, 6.45) is 1.61. The van der Waals surface area contributed by atoms with E-state index in [0.717, 1.165) is 11.4 Å². The molecule has 126 valence electrons. The van der Waals surface area contributed by atoms with Crippen LogP contribution in [0.1, 0.15) is 36.8 Å². The molecule has 2 aromatic rings. The molecule has 0 aliphatic heterocycles. The molecule has 3 N–H and O–H groups in total. The number of carbonyl (C=O) groups excluding carboxylic acids is 1. The van der Waals surface area contributed by atoms with E-state index < -0.39 is 5.54 Å². The maximum atomic E-state index is 12.6. The Labute approximate surface area is 143 Å². The molecule has 0 radical (unpaired) electrons. The Bertz CT molecular complexity index is 654. The predicted molar refractivity (Wildman–Crippen MR) is 95.3 cm³/mol. The van der Waals surface area contributed by atoms with Crippen molar-refractivity contribution in [3.63, 3.8) is 0 Å². The third-order valence-corrected chi connectivity index (χ3v) is 4.35. The number of halogens is 1. The van der Waals surface area contributed by atoms with Crippen LogP contribution in [0, 0.1) is 12.8 Å². The number of aromatic nitrogens is 2. The first-order valence-corrected chi connectivity index (χ1v) is 7.51. The Morgan fingerprint density at radius 2 is 1.96 bits per heavy atom. The van der Waals surface area contributed by atoms with Crippen molar-refractivity contribution >= 4 is 18.3 Å². The van der Waals surface area contributed by atoms with Crippen LogP contribution in [0.5, 0.6) is 0 Å². The van der Waals surface area contributed by atoms with Crippen molar-refractivity contribution in [1.29, 1.82) is 0 Å². The number of nitrogens with two attached hydrogens (primary N) is 1. The summed E-state index contributed by atoms with van der Waals surface area (Å²) in [6, 6.07) is 9.76. The minimum Gasteiger partial charge on any atom is -0.345 e. The number of nitrogens with zero attached hydrogens (tertiary/aromatic N) is 2. The molecule has 0 aliphatic carbocycles. The van der Waals surface area contributed by atoms with E-state index in [1.54, 1.807) is 10.9 Å². The molecular weight excluding hydrogens is 312 g/mol. The molecule has 1 heterocycles. The molecule has 1 aromatic heterocycles. The van der Waals surface area contributed by atoms with Crippen molar-refractivity contribution in [2.45, 2.75) is 33.2 Å². The molecule has 6 heteroatoms. The van der Waals surface area contributed by atoms with Gasteiger partial charge in [-0.15, -0.1) is 12.4 Å². The molecule has 0 aliphatic rings. The highest BCUT2D eigenvalue weighted by Gasteiger charge is 2.30. The zero-order valence-corrected chi connectivity index (χ0v) is 14.9. The van der Waals surface area contributed by atoms with Crippen LogP contribution in [0.2, 0.25) is 0 Å². The fraction of sp³-hybridized carbons (Fsp3) is 0.412. The second-order valence-electron chi connectivity index (χ2n) is 6.12. The zero-order valence-electron chi connectivity index (χ0n) is 14.0. The fourth-order valence-electron chi connectivity index (χ4n) is 2.22. The van der Waals surface area contributed by atoms with Crippen LogP contribution in [0.25, 0.3) is 5.69 Å². The molecule has 0 fully saturated rings. The first-order chi connectivity index (χ1) is 10.4. The van der Waals surface area contributed by atoms with Gasteiger partial charge in [0.05, 0.1) is 28.7 Å². The van der Waals surface area contributed by atoms with Crippen molar-refractivity contribution in [3.05, 3.63) is 47.8 Å². The Morgan fingerprint density at radius 3 is 2.48 bits per heavy atom. The summed E-state index contributed by atoms with van der Waals surface area (Å²) >= 11 is 0. The monoisotopic (exact) mass is 336 g/mol. The van der Waals surface area contributed by atoms with E-state index in [2.05, 4.69) is 10.4 Å². The maximum absolute atomic E-state index is 12.6. The lowest BCUT2D eigenvalue weighted by molar-refractivity contribution is 0.0882. The second-order valence-corrected chi connectivity index (χ2v) is 6.12. The fourth-order valence-corrected chi connectivity index (χ4v) is 2.22.